The average Bonchev–Trinajstić information content (AvgIpc) is 2.26. The third kappa shape index (κ3) is 4.46. The molecule has 0 aliphatic rings. The quantitative estimate of drug-likeness (QED) is 0.826. The van der Waals surface area contributed by atoms with Crippen molar-refractivity contribution in [1.29, 1.82) is 0 Å². The zero-order valence-electron chi connectivity index (χ0n) is 11.1. The Balaban J connectivity index is 2.79. The van der Waals surface area contributed by atoms with E-state index in [1.807, 2.05) is 19.9 Å². The molecule has 1 aromatic rings. The van der Waals surface area contributed by atoms with Crippen molar-refractivity contribution in [2.75, 3.05) is 13.7 Å². The number of hydrogen-bond donors (Lipinski definition) is 1. The Kier molecular flexibility index (Phi) is 5.62. The van der Waals surface area contributed by atoms with E-state index in [1.54, 1.807) is 7.11 Å². The van der Waals surface area contributed by atoms with Crippen LogP contribution in [-0.2, 0) is 9.47 Å². The molecule has 0 aromatic heterocycles. The number of ether oxygens (including phenoxy) is 2. The fraction of sp³-hybridized carbons (Fsp3) is 0.571. The molecule has 0 saturated carbocycles. The standard InChI is InChI=1S/C14H23NO2/c1-10-6-5-7-13(8-10)14(12(3)15)17-11(2)9-16-4/h5-8,11-12,14H,9,15H2,1-4H3. The van der Waals surface area contributed by atoms with Gasteiger partial charge in [0.2, 0.25) is 0 Å². The van der Waals surface area contributed by atoms with E-state index in [4.69, 9.17) is 15.2 Å². The van der Waals surface area contributed by atoms with Crippen LogP contribution in [0.2, 0.25) is 0 Å². The minimum absolute atomic E-state index is 0.0384. The summed E-state index contributed by atoms with van der Waals surface area (Å²) in [5.74, 6) is 0. The summed E-state index contributed by atoms with van der Waals surface area (Å²) in [6.07, 6.45) is -0.0448. The number of methoxy groups -OCH3 is 1. The molecule has 0 amide bonds. The molecule has 3 nitrogen and oxygen atoms in total. The molecule has 0 aliphatic carbocycles. The highest BCUT2D eigenvalue weighted by molar-refractivity contribution is 5.25. The van der Waals surface area contributed by atoms with Gasteiger partial charge in [0.1, 0.15) is 0 Å². The molecule has 1 aromatic carbocycles. The Morgan fingerprint density at radius 1 is 1.29 bits per heavy atom. The highest BCUT2D eigenvalue weighted by Crippen LogP contribution is 2.23. The van der Waals surface area contributed by atoms with E-state index in [9.17, 15) is 0 Å². The summed E-state index contributed by atoms with van der Waals surface area (Å²) in [5.41, 5.74) is 8.34. The van der Waals surface area contributed by atoms with Crippen molar-refractivity contribution in [1.82, 2.24) is 0 Å². The van der Waals surface area contributed by atoms with E-state index in [0.29, 0.717) is 6.61 Å². The molecule has 1 rings (SSSR count). The largest absolute Gasteiger partial charge is 0.382 e. The molecule has 96 valence electrons. The highest BCUT2D eigenvalue weighted by Gasteiger charge is 2.19. The van der Waals surface area contributed by atoms with Crippen LogP contribution in [0.25, 0.3) is 0 Å². The zero-order chi connectivity index (χ0) is 12.8. The van der Waals surface area contributed by atoms with Gasteiger partial charge >= 0.3 is 0 Å². The van der Waals surface area contributed by atoms with Gasteiger partial charge in [-0.1, -0.05) is 29.8 Å². The fourth-order valence-electron chi connectivity index (χ4n) is 1.88. The Labute approximate surface area is 104 Å². The van der Waals surface area contributed by atoms with Crippen LogP contribution in [0.3, 0.4) is 0 Å². The third-order valence-electron chi connectivity index (χ3n) is 2.63. The number of rotatable bonds is 6. The van der Waals surface area contributed by atoms with Crippen molar-refractivity contribution >= 4 is 0 Å². The molecule has 3 heteroatoms. The maximum absolute atomic E-state index is 6.00. The van der Waals surface area contributed by atoms with Gasteiger partial charge in [0.05, 0.1) is 18.8 Å². The molecule has 0 bridgehead atoms. The van der Waals surface area contributed by atoms with Crippen molar-refractivity contribution in [2.24, 2.45) is 5.73 Å². The van der Waals surface area contributed by atoms with E-state index in [0.717, 1.165) is 5.56 Å². The Hall–Kier alpha value is -0.900. The van der Waals surface area contributed by atoms with Crippen LogP contribution in [0.4, 0.5) is 0 Å². The third-order valence-corrected chi connectivity index (χ3v) is 2.63. The maximum Gasteiger partial charge on any atom is 0.0977 e. The second-order valence-corrected chi connectivity index (χ2v) is 4.60. The molecular weight excluding hydrogens is 214 g/mol. The first kappa shape index (κ1) is 14.2. The van der Waals surface area contributed by atoms with Crippen LogP contribution in [0.1, 0.15) is 31.1 Å². The fourth-order valence-corrected chi connectivity index (χ4v) is 1.88. The normalized spacial score (nSPS) is 16.5. The number of nitrogens with two attached hydrogens (primary N) is 1. The smallest absolute Gasteiger partial charge is 0.0977 e. The van der Waals surface area contributed by atoms with Gasteiger partial charge in [0.25, 0.3) is 0 Å². The molecule has 0 radical (unpaired) electrons. The summed E-state index contributed by atoms with van der Waals surface area (Å²) in [7, 11) is 1.67. The van der Waals surface area contributed by atoms with Gasteiger partial charge in [0.15, 0.2) is 0 Å². The van der Waals surface area contributed by atoms with Crippen molar-refractivity contribution in [2.45, 2.75) is 39.0 Å². The molecule has 0 aliphatic heterocycles. The second kappa shape index (κ2) is 6.74. The molecule has 17 heavy (non-hydrogen) atoms. The molecular formula is C14H23NO2. The number of benzene rings is 1. The first-order chi connectivity index (χ1) is 8.04. The van der Waals surface area contributed by atoms with Crippen LogP contribution in [0.15, 0.2) is 24.3 Å². The van der Waals surface area contributed by atoms with Crippen molar-refractivity contribution < 1.29 is 9.47 Å². The van der Waals surface area contributed by atoms with Crippen LogP contribution < -0.4 is 5.73 Å². The van der Waals surface area contributed by atoms with Gasteiger partial charge < -0.3 is 15.2 Å². The Morgan fingerprint density at radius 3 is 2.53 bits per heavy atom. The topological polar surface area (TPSA) is 44.5 Å². The summed E-state index contributed by atoms with van der Waals surface area (Å²) < 4.78 is 11.0. The van der Waals surface area contributed by atoms with Gasteiger partial charge in [-0.25, -0.2) is 0 Å². The van der Waals surface area contributed by atoms with Crippen LogP contribution in [0, 0.1) is 6.92 Å². The predicted molar refractivity (Wildman–Crippen MR) is 70.0 cm³/mol. The summed E-state index contributed by atoms with van der Waals surface area (Å²) in [6.45, 7) is 6.61. The van der Waals surface area contributed by atoms with E-state index >= 15 is 0 Å². The first-order valence-corrected chi connectivity index (χ1v) is 6.01. The molecule has 0 fully saturated rings. The minimum Gasteiger partial charge on any atom is -0.382 e. The van der Waals surface area contributed by atoms with E-state index in [1.165, 1.54) is 5.56 Å². The highest BCUT2D eigenvalue weighted by atomic mass is 16.5. The van der Waals surface area contributed by atoms with Crippen molar-refractivity contribution in [3.63, 3.8) is 0 Å². The summed E-state index contributed by atoms with van der Waals surface area (Å²) in [4.78, 5) is 0. The molecule has 0 heterocycles. The SMILES string of the molecule is COCC(C)OC(c1cccc(C)c1)C(C)N. The average molecular weight is 237 g/mol. The van der Waals surface area contributed by atoms with E-state index < -0.39 is 0 Å². The lowest BCUT2D eigenvalue weighted by atomic mass is 10.0. The summed E-state index contributed by atoms with van der Waals surface area (Å²) in [5, 5.41) is 0. The monoisotopic (exact) mass is 237 g/mol. The number of hydrogen-bond acceptors (Lipinski definition) is 3. The molecule has 0 spiro atoms. The van der Waals surface area contributed by atoms with Gasteiger partial charge in [-0.3, -0.25) is 0 Å². The van der Waals surface area contributed by atoms with E-state index in [2.05, 4.69) is 25.1 Å². The molecule has 3 unspecified atom stereocenters. The van der Waals surface area contributed by atoms with Crippen LogP contribution in [0.5, 0.6) is 0 Å². The Morgan fingerprint density at radius 2 is 2.00 bits per heavy atom. The van der Waals surface area contributed by atoms with Gasteiger partial charge in [-0.2, -0.15) is 0 Å². The zero-order valence-corrected chi connectivity index (χ0v) is 11.1. The predicted octanol–water partition coefficient (Wildman–Crippen LogP) is 2.43. The second-order valence-electron chi connectivity index (χ2n) is 4.60. The summed E-state index contributed by atoms with van der Waals surface area (Å²) in [6, 6.07) is 8.23. The number of aryl methyl sites for hydroxylation is 1. The van der Waals surface area contributed by atoms with Gasteiger partial charge in [-0.15, -0.1) is 0 Å². The molecule has 0 saturated heterocycles. The minimum atomic E-state index is -0.0833. The lowest BCUT2D eigenvalue weighted by Crippen LogP contribution is -2.31. The van der Waals surface area contributed by atoms with Crippen LogP contribution >= 0.6 is 0 Å². The summed E-state index contributed by atoms with van der Waals surface area (Å²) >= 11 is 0. The Bertz CT molecular complexity index is 339. The lowest BCUT2D eigenvalue weighted by molar-refractivity contribution is -0.0481. The van der Waals surface area contributed by atoms with Gasteiger partial charge in [-0.05, 0) is 26.3 Å². The lowest BCUT2D eigenvalue weighted by Gasteiger charge is -2.25. The van der Waals surface area contributed by atoms with Crippen molar-refractivity contribution in [3.05, 3.63) is 35.4 Å². The van der Waals surface area contributed by atoms with Crippen molar-refractivity contribution in [3.8, 4) is 0 Å². The maximum atomic E-state index is 6.00. The van der Waals surface area contributed by atoms with Crippen LogP contribution in [-0.4, -0.2) is 25.9 Å². The first-order valence-electron chi connectivity index (χ1n) is 6.01. The van der Waals surface area contributed by atoms with E-state index in [-0.39, 0.29) is 18.2 Å². The molecule has 2 N–H and O–H groups in total. The van der Waals surface area contributed by atoms with Gasteiger partial charge in [0, 0.05) is 13.2 Å². The molecule has 3 atom stereocenters.